The van der Waals surface area contributed by atoms with Crippen LogP contribution in [0.4, 0.5) is 0 Å². The Kier molecular flexibility index (Phi) is 10.9. The number of hydrogen-bond donors (Lipinski definition) is 1. The number of hydrogen-bond acceptors (Lipinski definition) is 4. The third-order valence-corrected chi connectivity index (χ3v) is 10.1. The van der Waals surface area contributed by atoms with Crippen LogP contribution in [0.15, 0.2) is 180 Å². The van der Waals surface area contributed by atoms with Crippen LogP contribution in [-0.4, -0.2) is 26.6 Å². The van der Waals surface area contributed by atoms with Crippen LogP contribution in [0, 0.1) is 27.7 Å². The third kappa shape index (κ3) is 8.88. The normalized spacial score (nSPS) is 11.8. The van der Waals surface area contributed by atoms with E-state index in [1.165, 1.54) is 16.7 Å². The highest BCUT2D eigenvalue weighted by atomic mass is 15.0. The number of nitrogens with zero attached hydrogens (tertiary/aromatic N) is 5. The highest BCUT2D eigenvalue weighted by Crippen LogP contribution is 2.31. The van der Waals surface area contributed by atoms with Crippen molar-refractivity contribution in [1.82, 2.24) is 15.0 Å². The Morgan fingerprint density at radius 3 is 1.33 bits per heavy atom. The van der Waals surface area contributed by atoms with Gasteiger partial charge in [-0.05, 0) is 73.7 Å². The van der Waals surface area contributed by atoms with E-state index in [2.05, 4.69) is 167 Å². The van der Waals surface area contributed by atoms with Crippen LogP contribution < -0.4 is 5.73 Å². The third-order valence-electron chi connectivity index (χ3n) is 10.1. The molecule has 1 aromatic heterocycles. The molecule has 6 nitrogen and oxygen atoms in total. The van der Waals surface area contributed by atoms with Gasteiger partial charge in [-0.2, -0.15) is 0 Å². The van der Waals surface area contributed by atoms with Crippen molar-refractivity contribution in [2.45, 2.75) is 34.2 Å². The first-order chi connectivity index (χ1) is 28.2. The molecule has 0 atom stereocenters. The van der Waals surface area contributed by atoms with Crippen molar-refractivity contribution in [1.29, 1.82) is 0 Å². The first-order valence-corrected chi connectivity index (χ1v) is 19.5. The van der Waals surface area contributed by atoms with Crippen LogP contribution in [0.2, 0.25) is 0 Å². The van der Waals surface area contributed by atoms with Crippen LogP contribution >= 0.6 is 0 Å². The topological polar surface area (TPSA) is 89.4 Å². The van der Waals surface area contributed by atoms with Crippen molar-refractivity contribution in [3.8, 4) is 56.4 Å². The summed E-state index contributed by atoms with van der Waals surface area (Å²) in [7, 11) is 0. The zero-order valence-electron chi connectivity index (χ0n) is 33.2. The molecule has 282 valence electrons. The van der Waals surface area contributed by atoms with Gasteiger partial charge in [-0.3, -0.25) is 4.99 Å². The van der Waals surface area contributed by atoms with Gasteiger partial charge in [0, 0.05) is 27.8 Å². The zero-order chi connectivity index (χ0) is 40.0. The van der Waals surface area contributed by atoms with E-state index >= 15 is 0 Å². The predicted molar refractivity (Wildman–Crippen MR) is 240 cm³/mol. The van der Waals surface area contributed by atoms with E-state index in [4.69, 9.17) is 30.7 Å². The molecule has 1 heterocycles. The molecular formula is C52H44N6. The second kappa shape index (κ2) is 16.8. The van der Waals surface area contributed by atoms with Crippen molar-refractivity contribution in [3.63, 3.8) is 0 Å². The Morgan fingerprint density at radius 2 is 0.810 bits per heavy atom. The van der Waals surface area contributed by atoms with E-state index in [9.17, 15) is 0 Å². The summed E-state index contributed by atoms with van der Waals surface area (Å²) in [5, 5.41) is 0. The molecule has 8 rings (SSSR count). The lowest BCUT2D eigenvalue weighted by atomic mass is 9.97. The Morgan fingerprint density at radius 1 is 0.414 bits per heavy atom. The average molecular weight is 753 g/mol. The van der Waals surface area contributed by atoms with Gasteiger partial charge in [0.25, 0.3) is 0 Å². The monoisotopic (exact) mass is 752 g/mol. The Labute approximate surface area is 340 Å². The van der Waals surface area contributed by atoms with Crippen LogP contribution in [0.3, 0.4) is 0 Å². The molecule has 0 amide bonds. The van der Waals surface area contributed by atoms with Crippen LogP contribution in [0.5, 0.6) is 0 Å². The standard InChI is InChI=1S/C52H44N6/c1-34-14-22-38(23-15-34)33-54-49(55-48(53)39-24-16-35(2)17-25-39)46-12-6-10-44(31-46)42-8-5-9-43(30-42)45-11-7-13-47(32-45)52-57-50(40-26-18-36(3)19-27-40)56-51(58-52)41-28-20-37(4)21-29-41/h5-32H,33H2,1-4H3,(H2,53,54,55). The zero-order valence-corrected chi connectivity index (χ0v) is 33.2. The molecule has 0 unspecified atom stereocenters. The van der Waals surface area contributed by atoms with Gasteiger partial charge < -0.3 is 5.73 Å². The molecule has 0 saturated carbocycles. The summed E-state index contributed by atoms with van der Waals surface area (Å²) in [6.07, 6.45) is 0. The number of aromatic nitrogens is 3. The van der Waals surface area contributed by atoms with E-state index in [0.717, 1.165) is 61.2 Å². The van der Waals surface area contributed by atoms with E-state index < -0.39 is 0 Å². The van der Waals surface area contributed by atoms with E-state index in [1.807, 2.05) is 30.3 Å². The predicted octanol–water partition coefficient (Wildman–Crippen LogP) is 11.8. The quantitative estimate of drug-likeness (QED) is 0.117. The van der Waals surface area contributed by atoms with Crippen molar-refractivity contribution in [3.05, 3.63) is 209 Å². The smallest absolute Gasteiger partial charge is 0.164 e. The molecule has 2 N–H and O–H groups in total. The minimum absolute atomic E-state index is 0.421. The lowest BCUT2D eigenvalue weighted by molar-refractivity contribution is 1.06. The molecule has 0 radical (unpaired) electrons. The van der Waals surface area contributed by atoms with Gasteiger partial charge in [-0.15, -0.1) is 0 Å². The van der Waals surface area contributed by atoms with Crippen molar-refractivity contribution < 1.29 is 0 Å². The SMILES string of the molecule is Cc1ccc(CN=C(N=C(N)c2ccc(C)cc2)c2cccc(-c3cccc(-c4cccc(-c5nc(-c6ccc(C)cc6)nc(-c6ccc(C)cc6)n5)c4)c3)c2)cc1. The summed E-state index contributed by atoms with van der Waals surface area (Å²) in [5.41, 5.74) is 21.2. The van der Waals surface area contributed by atoms with E-state index in [-0.39, 0.29) is 0 Å². The molecule has 0 aliphatic carbocycles. The van der Waals surface area contributed by atoms with Gasteiger partial charge in [-0.1, -0.05) is 174 Å². The molecule has 0 spiro atoms. The Hall–Kier alpha value is -7.31. The van der Waals surface area contributed by atoms with Crippen molar-refractivity contribution in [2.75, 3.05) is 0 Å². The first-order valence-electron chi connectivity index (χ1n) is 19.5. The van der Waals surface area contributed by atoms with Gasteiger partial charge in [0.1, 0.15) is 5.84 Å². The summed E-state index contributed by atoms with van der Waals surface area (Å²) in [5.74, 6) is 2.90. The minimum Gasteiger partial charge on any atom is -0.383 e. The van der Waals surface area contributed by atoms with Crippen molar-refractivity contribution >= 4 is 11.7 Å². The number of aliphatic imine (C=N–C) groups is 2. The number of benzene rings is 7. The molecule has 0 saturated heterocycles. The largest absolute Gasteiger partial charge is 0.383 e. The second-order valence-electron chi connectivity index (χ2n) is 14.8. The van der Waals surface area contributed by atoms with Crippen LogP contribution in [0.25, 0.3) is 56.4 Å². The lowest BCUT2D eigenvalue weighted by Crippen LogP contribution is -2.16. The Balaban J connectivity index is 1.14. The molecule has 58 heavy (non-hydrogen) atoms. The lowest BCUT2D eigenvalue weighted by Gasteiger charge is -2.11. The van der Waals surface area contributed by atoms with Crippen LogP contribution in [-0.2, 0) is 6.54 Å². The number of aryl methyl sites for hydroxylation is 4. The maximum absolute atomic E-state index is 6.60. The first kappa shape index (κ1) is 37.6. The highest BCUT2D eigenvalue weighted by molar-refractivity contribution is 6.11. The van der Waals surface area contributed by atoms with E-state index in [1.54, 1.807) is 0 Å². The maximum atomic E-state index is 6.60. The molecule has 0 bridgehead atoms. The fourth-order valence-electron chi connectivity index (χ4n) is 6.68. The minimum atomic E-state index is 0.421. The molecule has 7 aromatic carbocycles. The number of rotatable bonds is 9. The maximum Gasteiger partial charge on any atom is 0.164 e. The van der Waals surface area contributed by atoms with Gasteiger partial charge in [0.15, 0.2) is 23.3 Å². The summed E-state index contributed by atoms with van der Waals surface area (Å²) in [6.45, 7) is 8.78. The molecule has 0 fully saturated rings. The fourth-order valence-corrected chi connectivity index (χ4v) is 6.68. The van der Waals surface area contributed by atoms with Gasteiger partial charge in [0.2, 0.25) is 0 Å². The number of nitrogens with two attached hydrogens (primary N) is 1. The molecule has 0 aliphatic heterocycles. The van der Waals surface area contributed by atoms with Gasteiger partial charge >= 0.3 is 0 Å². The molecule has 6 heteroatoms. The van der Waals surface area contributed by atoms with Gasteiger partial charge in [-0.25, -0.2) is 19.9 Å². The van der Waals surface area contributed by atoms with Crippen molar-refractivity contribution in [2.24, 2.45) is 15.7 Å². The summed E-state index contributed by atoms with van der Waals surface area (Å²) in [4.78, 5) is 24.8. The molecular weight excluding hydrogens is 709 g/mol. The second-order valence-corrected chi connectivity index (χ2v) is 14.8. The fraction of sp³-hybridized carbons (Fsp3) is 0.0962. The summed E-state index contributed by atoms with van der Waals surface area (Å²) in [6, 6.07) is 58.4. The summed E-state index contributed by atoms with van der Waals surface area (Å²) >= 11 is 0. The average Bonchev–Trinajstić information content (AvgIpc) is 3.26. The summed E-state index contributed by atoms with van der Waals surface area (Å²) < 4.78 is 0. The number of amidine groups is 2. The van der Waals surface area contributed by atoms with Gasteiger partial charge in [0.05, 0.1) is 6.54 Å². The van der Waals surface area contributed by atoms with Crippen LogP contribution in [0.1, 0.15) is 38.9 Å². The Bertz CT molecular complexity index is 2700. The highest BCUT2D eigenvalue weighted by Gasteiger charge is 2.14. The molecule has 8 aromatic rings. The molecule has 0 aliphatic rings. The van der Waals surface area contributed by atoms with E-state index in [0.29, 0.717) is 35.7 Å².